The summed E-state index contributed by atoms with van der Waals surface area (Å²) in [4.78, 5) is 0. The van der Waals surface area contributed by atoms with E-state index in [0.29, 0.717) is 19.1 Å². The Bertz CT molecular complexity index is 393. The summed E-state index contributed by atoms with van der Waals surface area (Å²) >= 11 is 0. The third kappa shape index (κ3) is 2.13. The maximum Gasteiger partial charge on any atom is 0.0920 e. The van der Waals surface area contributed by atoms with E-state index in [1.54, 1.807) is 0 Å². The van der Waals surface area contributed by atoms with Gasteiger partial charge >= 0.3 is 0 Å². The number of para-hydroxylation sites is 1. The minimum Gasteiger partial charge on any atom is -0.387 e. The Hall–Kier alpha value is -1.06. The van der Waals surface area contributed by atoms with E-state index in [1.165, 1.54) is 6.42 Å². The maximum atomic E-state index is 11.0. The molecule has 2 unspecified atom stereocenters. The molecule has 0 bridgehead atoms. The molecular formula is C15H21NO2. The van der Waals surface area contributed by atoms with Crippen molar-refractivity contribution in [2.75, 3.05) is 18.5 Å². The van der Waals surface area contributed by atoms with E-state index in [9.17, 15) is 5.11 Å². The molecule has 1 aromatic rings. The van der Waals surface area contributed by atoms with E-state index < -0.39 is 5.60 Å². The Morgan fingerprint density at radius 2 is 2.00 bits per heavy atom. The molecule has 1 aliphatic heterocycles. The number of aliphatic hydroxyl groups is 1. The molecule has 1 aromatic carbocycles. The van der Waals surface area contributed by atoms with Crippen LogP contribution in [0.3, 0.4) is 0 Å². The first-order valence-corrected chi connectivity index (χ1v) is 6.91. The summed E-state index contributed by atoms with van der Waals surface area (Å²) in [6.07, 6.45) is 4.32. The van der Waals surface area contributed by atoms with Crippen molar-refractivity contribution in [3.8, 4) is 0 Å². The molecule has 0 aromatic heterocycles. The zero-order valence-electron chi connectivity index (χ0n) is 10.6. The van der Waals surface area contributed by atoms with Crippen molar-refractivity contribution in [1.29, 1.82) is 0 Å². The van der Waals surface area contributed by atoms with Gasteiger partial charge in [0.15, 0.2) is 0 Å². The van der Waals surface area contributed by atoms with Gasteiger partial charge in [-0.05, 0) is 25.0 Å². The number of benzene rings is 1. The SMILES string of the molecule is O[C@]12CCCCC1COCC2Nc1ccccc1. The number of anilines is 1. The smallest absolute Gasteiger partial charge is 0.0920 e. The van der Waals surface area contributed by atoms with Crippen LogP contribution in [-0.4, -0.2) is 30.0 Å². The molecule has 3 atom stereocenters. The van der Waals surface area contributed by atoms with Crippen LogP contribution in [0.25, 0.3) is 0 Å². The lowest BCUT2D eigenvalue weighted by Crippen LogP contribution is -2.60. The minimum atomic E-state index is -0.591. The Balaban J connectivity index is 1.78. The Labute approximate surface area is 108 Å². The first-order chi connectivity index (χ1) is 8.79. The molecule has 0 radical (unpaired) electrons. The predicted molar refractivity (Wildman–Crippen MR) is 71.6 cm³/mol. The van der Waals surface area contributed by atoms with Gasteiger partial charge in [0.2, 0.25) is 0 Å². The van der Waals surface area contributed by atoms with Crippen molar-refractivity contribution in [1.82, 2.24) is 0 Å². The fourth-order valence-corrected chi connectivity index (χ4v) is 3.31. The van der Waals surface area contributed by atoms with E-state index >= 15 is 0 Å². The van der Waals surface area contributed by atoms with Gasteiger partial charge in [0, 0.05) is 11.6 Å². The monoisotopic (exact) mass is 247 g/mol. The molecule has 1 aliphatic carbocycles. The second-order valence-electron chi connectivity index (χ2n) is 5.53. The molecule has 3 heteroatoms. The summed E-state index contributed by atoms with van der Waals surface area (Å²) in [6, 6.07) is 10.1. The van der Waals surface area contributed by atoms with Crippen molar-refractivity contribution in [2.45, 2.75) is 37.3 Å². The second-order valence-corrected chi connectivity index (χ2v) is 5.53. The zero-order chi connectivity index (χ0) is 12.4. The van der Waals surface area contributed by atoms with Gasteiger partial charge in [-0.1, -0.05) is 31.0 Å². The van der Waals surface area contributed by atoms with Crippen molar-refractivity contribution in [2.24, 2.45) is 5.92 Å². The Kier molecular flexibility index (Phi) is 3.27. The van der Waals surface area contributed by atoms with Crippen LogP contribution in [0.1, 0.15) is 25.7 Å². The van der Waals surface area contributed by atoms with Gasteiger partial charge in [0.05, 0.1) is 24.9 Å². The topological polar surface area (TPSA) is 41.5 Å². The first kappa shape index (κ1) is 12.0. The summed E-state index contributed by atoms with van der Waals surface area (Å²) in [5.74, 6) is 0.293. The van der Waals surface area contributed by atoms with Gasteiger partial charge in [-0.25, -0.2) is 0 Å². The molecule has 2 fully saturated rings. The van der Waals surface area contributed by atoms with Crippen molar-refractivity contribution in [3.63, 3.8) is 0 Å². The summed E-state index contributed by atoms with van der Waals surface area (Å²) in [5, 5.41) is 14.4. The predicted octanol–water partition coefficient (Wildman–Crippen LogP) is 2.42. The van der Waals surface area contributed by atoms with Gasteiger partial charge in [0.1, 0.15) is 0 Å². The molecule has 18 heavy (non-hydrogen) atoms. The average molecular weight is 247 g/mol. The molecule has 2 aliphatic rings. The summed E-state index contributed by atoms with van der Waals surface area (Å²) in [5.41, 5.74) is 0.470. The standard InChI is InChI=1S/C15H21NO2/c17-15-9-5-4-6-12(15)10-18-11-14(15)16-13-7-2-1-3-8-13/h1-3,7-8,12,14,16-17H,4-6,9-11H2/t12?,14?,15-/m1/s1. The third-order valence-corrected chi connectivity index (χ3v) is 4.41. The highest BCUT2D eigenvalue weighted by atomic mass is 16.5. The maximum absolute atomic E-state index is 11.0. The number of hydrogen-bond acceptors (Lipinski definition) is 3. The highest BCUT2D eigenvalue weighted by Gasteiger charge is 2.48. The highest BCUT2D eigenvalue weighted by molar-refractivity contribution is 5.44. The number of nitrogens with one attached hydrogen (secondary N) is 1. The van der Waals surface area contributed by atoms with Crippen LogP contribution in [0, 0.1) is 5.92 Å². The largest absolute Gasteiger partial charge is 0.387 e. The number of fused-ring (bicyclic) bond motifs is 1. The van der Waals surface area contributed by atoms with Gasteiger partial charge < -0.3 is 15.2 Å². The molecule has 98 valence electrons. The molecule has 1 saturated heterocycles. The van der Waals surface area contributed by atoms with Crippen LogP contribution in [0.2, 0.25) is 0 Å². The zero-order valence-corrected chi connectivity index (χ0v) is 10.6. The molecule has 0 spiro atoms. The third-order valence-electron chi connectivity index (χ3n) is 4.41. The fraction of sp³-hybridized carbons (Fsp3) is 0.600. The lowest BCUT2D eigenvalue weighted by molar-refractivity contribution is -0.139. The molecular weight excluding hydrogens is 226 g/mol. The number of ether oxygens (including phenoxy) is 1. The number of rotatable bonds is 2. The van der Waals surface area contributed by atoms with E-state index in [4.69, 9.17) is 4.74 Å². The Morgan fingerprint density at radius 1 is 1.17 bits per heavy atom. The normalized spacial score (nSPS) is 35.8. The van der Waals surface area contributed by atoms with Crippen LogP contribution >= 0.6 is 0 Å². The summed E-state index contributed by atoms with van der Waals surface area (Å²) in [6.45, 7) is 1.31. The van der Waals surface area contributed by atoms with Crippen LogP contribution < -0.4 is 5.32 Å². The minimum absolute atomic E-state index is 0.0129. The van der Waals surface area contributed by atoms with Crippen LogP contribution in [0.4, 0.5) is 5.69 Å². The average Bonchev–Trinajstić information content (AvgIpc) is 2.41. The van der Waals surface area contributed by atoms with Crippen LogP contribution in [0.15, 0.2) is 30.3 Å². The molecule has 0 amide bonds. The molecule has 1 saturated carbocycles. The summed E-state index contributed by atoms with van der Waals surface area (Å²) in [7, 11) is 0. The number of hydrogen-bond donors (Lipinski definition) is 2. The lowest BCUT2D eigenvalue weighted by atomic mass is 9.70. The van der Waals surface area contributed by atoms with Crippen molar-refractivity contribution < 1.29 is 9.84 Å². The molecule has 3 nitrogen and oxygen atoms in total. The van der Waals surface area contributed by atoms with Crippen molar-refractivity contribution in [3.05, 3.63) is 30.3 Å². The quantitative estimate of drug-likeness (QED) is 0.843. The highest BCUT2D eigenvalue weighted by Crippen LogP contribution is 2.40. The van der Waals surface area contributed by atoms with E-state index in [2.05, 4.69) is 5.32 Å². The second kappa shape index (κ2) is 4.90. The molecule has 1 heterocycles. The lowest BCUT2D eigenvalue weighted by Gasteiger charge is -2.48. The Morgan fingerprint density at radius 3 is 2.83 bits per heavy atom. The van der Waals surface area contributed by atoms with E-state index in [1.807, 2.05) is 30.3 Å². The van der Waals surface area contributed by atoms with Crippen molar-refractivity contribution >= 4 is 5.69 Å². The van der Waals surface area contributed by atoms with E-state index in [-0.39, 0.29) is 6.04 Å². The van der Waals surface area contributed by atoms with E-state index in [0.717, 1.165) is 24.9 Å². The summed E-state index contributed by atoms with van der Waals surface area (Å²) < 4.78 is 5.67. The van der Waals surface area contributed by atoms with Gasteiger partial charge in [-0.3, -0.25) is 0 Å². The first-order valence-electron chi connectivity index (χ1n) is 6.91. The molecule has 3 rings (SSSR count). The van der Waals surface area contributed by atoms with Gasteiger partial charge in [-0.2, -0.15) is 0 Å². The molecule has 2 N–H and O–H groups in total. The van der Waals surface area contributed by atoms with Gasteiger partial charge in [-0.15, -0.1) is 0 Å². The van der Waals surface area contributed by atoms with Crippen LogP contribution in [-0.2, 0) is 4.74 Å². The van der Waals surface area contributed by atoms with Crippen LogP contribution in [0.5, 0.6) is 0 Å². The fourth-order valence-electron chi connectivity index (χ4n) is 3.31. The van der Waals surface area contributed by atoms with Gasteiger partial charge in [0.25, 0.3) is 0 Å².